The van der Waals surface area contributed by atoms with Gasteiger partial charge >= 0.3 is 0 Å². The molecule has 0 radical (unpaired) electrons. The molecule has 1 atom stereocenters. The Labute approximate surface area is 175 Å². The van der Waals surface area contributed by atoms with E-state index in [1.807, 2.05) is 60.0 Å². The molecule has 0 saturated carbocycles. The van der Waals surface area contributed by atoms with Crippen molar-refractivity contribution in [1.29, 1.82) is 0 Å². The van der Waals surface area contributed by atoms with Crippen LogP contribution in [0.5, 0.6) is 5.75 Å². The van der Waals surface area contributed by atoms with Gasteiger partial charge in [0.1, 0.15) is 17.5 Å². The number of aryl methyl sites for hydroxylation is 1. The van der Waals surface area contributed by atoms with E-state index in [2.05, 4.69) is 0 Å². The van der Waals surface area contributed by atoms with Crippen LogP contribution in [0.4, 0.5) is 0 Å². The van der Waals surface area contributed by atoms with Crippen LogP contribution in [0.2, 0.25) is 5.02 Å². The molecule has 5 nitrogen and oxygen atoms in total. The van der Waals surface area contributed by atoms with Crippen molar-refractivity contribution in [3.63, 3.8) is 0 Å². The van der Waals surface area contributed by atoms with Crippen LogP contribution in [-0.4, -0.2) is 36.6 Å². The molecule has 29 heavy (non-hydrogen) atoms. The van der Waals surface area contributed by atoms with Gasteiger partial charge in [-0.3, -0.25) is 4.79 Å². The molecular formula is C23H23ClN2O3. The van der Waals surface area contributed by atoms with Crippen LogP contribution >= 0.6 is 11.6 Å². The molecule has 150 valence electrons. The van der Waals surface area contributed by atoms with Gasteiger partial charge in [0.05, 0.1) is 19.4 Å². The summed E-state index contributed by atoms with van der Waals surface area (Å²) >= 11 is 6.37. The van der Waals surface area contributed by atoms with Crippen molar-refractivity contribution >= 4 is 17.5 Å². The summed E-state index contributed by atoms with van der Waals surface area (Å²) in [5.74, 6) is 0.725. The summed E-state index contributed by atoms with van der Waals surface area (Å²) in [5, 5.41) is 0.611. The maximum absolute atomic E-state index is 12.8. The van der Waals surface area contributed by atoms with E-state index in [1.54, 1.807) is 26.1 Å². The van der Waals surface area contributed by atoms with E-state index in [4.69, 9.17) is 21.1 Å². The Morgan fingerprint density at radius 3 is 2.69 bits per heavy atom. The largest absolute Gasteiger partial charge is 0.496 e. The molecule has 0 bridgehead atoms. The Balaban J connectivity index is 1.95. The van der Waals surface area contributed by atoms with Crippen molar-refractivity contribution in [2.45, 2.75) is 19.6 Å². The van der Waals surface area contributed by atoms with Crippen molar-refractivity contribution in [3.05, 3.63) is 81.6 Å². The fourth-order valence-electron chi connectivity index (χ4n) is 3.89. The standard InChI is InChI=1S/C23H23ClN2O3/c1-14-6-5-7-17(21(14)28-4)22-18-12-15(24)8-10-19(18)26-16(13-29-22)9-11-20(26)23(27)25(2)3/h5-12,22H,13H2,1-4H3. The number of halogens is 1. The molecule has 1 aliphatic rings. The number of rotatable bonds is 3. The molecule has 4 rings (SSSR count). The average Bonchev–Trinajstić information content (AvgIpc) is 3.04. The zero-order valence-corrected chi connectivity index (χ0v) is 17.7. The summed E-state index contributed by atoms with van der Waals surface area (Å²) < 4.78 is 14.0. The molecule has 2 heterocycles. The van der Waals surface area contributed by atoms with Crippen LogP contribution in [0.15, 0.2) is 48.5 Å². The maximum atomic E-state index is 12.8. The first-order chi connectivity index (χ1) is 13.9. The molecule has 0 aliphatic carbocycles. The normalized spacial score (nSPS) is 15.3. The molecule has 0 N–H and O–H groups in total. The summed E-state index contributed by atoms with van der Waals surface area (Å²) in [6.45, 7) is 2.37. The number of amides is 1. The third-order valence-electron chi connectivity index (χ3n) is 5.23. The second-order valence-electron chi connectivity index (χ2n) is 7.34. The SMILES string of the molecule is COc1c(C)cccc1C1OCc2ccc(C(=O)N(C)C)n2-c2ccc(Cl)cc21. The van der Waals surface area contributed by atoms with E-state index in [0.717, 1.165) is 33.8 Å². The van der Waals surface area contributed by atoms with Crippen molar-refractivity contribution < 1.29 is 14.3 Å². The predicted molar refractivity (Wildman–Crippen MR) is 113 cm³/mol. The lowest BCUT2D eigenvalue weighted by Gasteiger charge is -2.22. The molecule has 0 saturated heterocycles. The number of hydrogen-bond acceptors (Lipinski definition) is 3. The number of benzene rings is 2. The predicted octanol–water partition coefficient (Wildman–Crippen LogP) is 4.77. The number of para-hydroxylation sites is 1. The Hall–Kier alpha value is -2.76. The first kappa shape index (κ1) is 19.6. The van der Waals surface area contributed by atoms with Gasteiger partial charge in [0.2, 0.25) is 0 Å². The topological polar surface area (TPSA) is 43.7 Å². The lowest BCUT2D eigenvalue weighted by atomic mass is 9.97. The van der Waals surface area contributed by atoms with Gasteiger partial charge in [-0.25, -0.2) is 0 Å². The number of fused-ring (bicyclic) bond motifs is 3. The lowest BCUT2D eigenvalue weighted by molar-refractivity contribution is 0.0660. The molecule has 0 fully saturated rings. The summed E-state index contributed by atoms with van der Waals surface area (Å²) in [7, 11) is 5.16. The van der Waals surface area contributed by atoms with Gasteiger partial charge in [-0.2, -0.15) is 0 Å². The molecule has 0 spiro atoms. The van der Waals surface area contributed by atoms with Gasteiger partial charge in [0.15, 0.2) is 0 Å². The highest BCUT2D eigenvalue weighted by atomic mass is 35.5. The molecule has 1 unspecified atom stereocenters. The fourth-order valence-corrected chi connectivity index (χ4v) is 4.07. The molecular weight excluding hydrogens is 388 g/mol. The third-order valence-corrected chi connectivity index (χ3v) is 5.46. The van der Waals surface area contributed by atoms with Crippen molar-refractivity contribution in [1.82, 2.24) is 9.47 Å². The van der Waals surface area contributed by atoms with E-state index >= 15 is 0 Å². The molecule has 1 amide bonds. The molecule has 1 aromatic heterocycles. The second-order valence-corrected chi connectivity index (χ2v) is 7.77. The van der Waals surface area contributed by atoms with Gasteiger partial charge in [0, 0.05) is 35.9 Å². The number of nitrogens with zero attached hydrogens (tertiary/aromatic N) is 2. The van der Waals surface area contributed by atoms with Crippen LogP contribution in [0.3, 0.4) is 0 Å². The molecule has 3 aromatic rings. The summed E-state index contributed by atoms with van der Waals surface area (Å²) in [5.41, 5.74) is 5.24. The number of methoxy groups -OCH3 is 1. The minimum absolute atomic E-state index is 0.0660. The van der Waals surface area contributed by atoms with E-state index < -0.39 is 0 Å². The van der Waals surface area contributed by atoms with E-state index in [-0.39, 0.29) is 12.0 Å². The summed E-state index contributed by atoms with van der Waals surface area (Å²) in [4.78, 5) is 14.4. The van der Waals surface area contributed by atoms with Gasteiger partial charge in [-0.15, -0.1) is 0 Å². The zero-order chi connectivity index (χ0) is 20.7. The van der Waals surface area contributed by atoms with E-state index in [0.29, 0.717) is 17.3 Å². The van der Waals surface area contributed by atoms with Crippen LogP contribution in [-0.2, 0) is 11.3 Å². The van der Waals surface area contributed by atoms with Crippen molar-refractivity contribution in [3.8, 4) is 11.4 Å². The zero-order valence-electron chi connectivity index (χ0n) is 16.9. The fraction of sp³-hybridized carbons (Fsp3) is 0.261. The van der Waals surface area contributed by atoms with Crippen LogP contribution in [0.25, 0.3) is 5.69 Å². The number of carbonyl (C=O) groups excluding carboxylic acids is 1. The smallest absolute Gasteiger partial charge is 0.270 e. The molecule has 2 aromatic carbocycles. The first-order valence-corrected chi connectivity index (χ1v) is 9.77. The minimum atomic E-state index is -0.374. The monoisotopic (exact) mass is 410 g/mol. The Morgan fingerprint density at radius 2 is 1.97 bits per heavy atom. The maximum Gasteiger partial charge on any atom is 0.270 e. The second kappa shape index (κ2) is 7.58. The highest BCUT2D eigenvalue weighted by Crippen LogP contribution is 2.41. The third kappa shape index (κ3) is 3.30. The number of ether oxygens (including phenoxy) is 2. The number of carbonyl (C=O) groups is 1. The molecule has 1 aliphatic heterocycles. The van der Waals surface area contributed by atoms with Crippen LogP contribution in [0.1, 0.15) is 39.0 Å². The Morgan fingerprint density at radius 1 is 1.17 bits per heavy atom. The summed E-state index contributed by atoms with van der Waals surface area (Å²) in [6.07, 6.45) is -0.374. The van der Waals surface area contributed by atoms with E-state index in [9.17, 15) is 4.79 Å². The number of hydrogen-bond donors (Lipinski definition) is 0. The minimum Gasteiger partial charge on any atom is -0.496 e. The highest BCUT2D eigenvalue weighted by molar-refractivity contribution is 6.30. The van der Waals surface area contributed by atoms with Gasteiger partial charge < -0.3 is 18.9 Å². The quantitative estimate of drug-likeness (QED) is 0.624. The summed E-state index contributed by atoms with van der Waals surface area (Å²) in [6, 6.07) is 15.5. The Bertz CT molecular complexity index is 1090. The van der Waals surface area contributed by atoms with Gasteiger partial charge in [0.25, 0.3) is 5.91 Å². The van der Waals surface area contributed by atoms with Gasteiger partial charge in [-0.05, 0) is 42.8 Å². The van der Waals surface area contributed by atoms with Crippen LogP contribution < -0.4 is 4.74 Å². The Kier molecular flexibility index (Phi) is 5.11. The van der Waals surface area contributed by atoms with Crippen molar-refractivity contribution in [2.75, 3.05) is 21.2 Å². The van der Waals surface area contributed by atoms with Gasteiger partial charge in [-0.1, -0.05) is 29.8 Å². The van der Waals surface area contributed by atoms with Crippen LogP contribution in [0, 0.1) is 6.92 Å². The average molecular weight is 411 g/mol. The first-order valence-electron chi connectivity index (χ1n) is 9.39. The van der Waals surface area contributed by atoms with E-state index in [1.165, 1.54) is 0 Å². The lowest BCUT2D eigenvalue weighted by Crippen LogP contribution is -2.24. The van der Waals surface area contributed by atoms with Crippen molar-refractivity contribution in [2.24, 2.45) is 0 Å². The highest BCUT2D eigenvalue weighted by Gasteiger charge is 2.30. The molecule has 6 heteroatoms. The number of aromatic nitrogens is 1.